The zero-order chi connectivity index (χ0) is 27.9. The molecule has 0 spiro atoms. The molecule has 0 amide bonds. The Hall–Kier alpha value is -5.20. The quantitative estimate of drug-likeness (QED) is 0.197. The number of hydrogen-bond donors (Lipinski definition) is 0. The van der Waals surface area contributed by atoms with E-state index in [1.807, 2.05) is 0 Å². The molecule has 0 N–H and O–H groups in total. The third-order valence-corrected chi connectivity index (χ3v) is 8.71. The van der Waals surface area contributed by atoms with Crippen LogP contribution in [0.25, 0.3) is 66.6 Å². The average molecular weight is 535 g/mol. The van der Waals surface area contributed by atoms with Crippen molar-refractivity contribution in [2.75, 3.05) is 0 Å². The van der Waals surface area contributed by atoms with E-state index in [9.17, 15) is 0 Å². The highest BCUT2D eigenvalue weighted by atomic mass is 14.2. The SMILES string of the molecule is C1=c2ccccc2=C(c2c3ccccc3c(-c3cc(-c4ccccc4)cc(-c4ccccc4)c3)c3ccccc23)CC1. The van der Waals surface area contributed by atoms with Crippen molar-refractivity contribution in [2.45, 2.75) is 12.8 Å². The molecule has 42 heavy (non-hydrogen) atoms. The minimum atomic E-state index is 1.05. The first-order chi connectivity index (χ1) is 20.8. The van der Waals surface area contributed by atoms with Crippen LogP contribution in [0, 0.1) is 0 Å². The molecule has 0 saturated carbocycles. The molecule has 0 nitrogen and oxygen atoms in total. The molecule has 8 rings (SSSR count). The van der Waals surface area contributed by atoms with Gasteiger partial charge in [0.1, 0.15) is 0 Å². The second-order valence-electron chi connectivity index (χ2n) is 11.2. The molecule has 0 fully saturated rings. The van der Waals surface area contributed by atoms with E-state index in [1.54, 1.807) is 0 Å². The van der Waals surface area contributed by atoms with E-state index in [-0.39, 0.29) is 0 Å². The van der Waals surface area contributed by atoms with Crippen LogP contribution in [-0.2, 0) is 0 Å². The van der Waals surface area contributed by atoms with Crippen LogP contribution in [0.5, 0.6) is 0 Å². The van der Waals surface area contributed by atoms with Crippen LogP contribution in [0.2, 0.25) is 0 Å². The minimum absolute atomic E-state index is 1.05. The molecule has 0 saturated heterocycles. The van der Waals surface area contributed by atoms with Gasteiger partial charge in [0, 0.05) is 0 Å². The molecule has 1 aliphatic carbocycles. The van der Waals surface area contributed by atoms with Crippen LogP contribution in [0.1, 0.15) is 18.4 Å². The number of hydrogen-bond acceptors (Lipinski definition) is 0. The van der Waals surface area contributed by atoms with E-state index < -0.39 is 0 Å². The van der Waals surface area contributed by atoms with Gasteiger partial charge in [0.25, 0.3) is 0 Å². The van der Waals surface area contributed by atoms with Crippen LogP contribution in [0.3, 0.4) is 0 Å². The highest BCUT2D eigenvalue weighted by molar-refractivity contribution is 6.19. The Bertz CT molecular complexity index is 2110. The molecule has 198 valence electrons. The second kappa shape index (κ2) is 10.3. The molecule has 7 aromatic rings. The predicted molar refractivity (Wildman–Crippen MR) is 180 cm³/mol. The van der Waals surface area contributed by atoms with Crippen LogP contribution >= 0.6 is 0 Å². The van der Waals surface area contributed by atoms with Gasteiger partial charge >= 0.3 is 0 Å². The van der Waals surface area contributed by atoms with E-state index >= 15 is 0 Å². The first-order valence-electron chi connectivity index (χ1n) is 14.8. The smallest absolute Gasteiger partial charge is 0.00259 e. The molecule has 0 aliphatic heterocycles. The monoisotopic (exact) mass is 534 g/mol. The third-order valence-electron chi connectivity index (χ3n) is 8.71. The van der Waals surface area contributed by atoms with Crippen molar-refractivity contribution >= 4 is 33.2 Å². The van der Waals surface area contributed by atoms with E-state index in [4.69, 9.17) is 0 Å². The van der Waals surface area contributed by atoms with Crippen molar-refractivity contribution in [3.63, 3.8) is 0 Å². The first kappa shape index (κ1) is 24.6. The van der Waals surface area contributed by atoms with Gasteiger partial charge in [-0.15, -0.1) is 0 Å². The number of fused-ring (bicyclic) bond motifs is 3. The highest BCUT2D eigenvalue weighted by Crippen LogP contribution is 2.44. The Morgan fingerprint density at radius 1 is 0.357 bits per heavy atom. The molecule has 0 radical (unpaired) electrons. The topological polar surface area (TPSA) is 0 Å². The summed E-state index contributed by atoms with van der Waals surface area (Å²) < 4.78 is 0. The molecule has 0 bridgehead atoms. The van der Waals surface area contributed by atoms with Crippen molar-refractivity contribution in [1.82, 2.24) is 0 Å². The first-order valence-corrected chi connectivity index (χ1v) is 14.8. The molecule has 0 aromatic heterocycles. The van der Waals surface area contributed by atoms with Gasteiger partial charge in [-0.3, -0.25) is 0 Å². The largest absolute Gasteiger partial charge is 0.0763 e. The van der Waals surface area contributed by atoms with E-state index in [0.717, 1.165) is 12.8 Å². The Labute approximate surface area is 246 Å². The summed E-state index contributed by atoms with van der Waals surface area (Å²) in [6, 6.07) is 55.6. The summed E-state index contributed by atoms with van der Waals surface area (Å²) >= 11 is 0. The van der Waals surface area contributed by atoms with Gasteiger partial charge in [0.05, 0.1) is 0 Å². The van der Waals surface area contributed by atoms with Gasteiger partial charge in [-0.25, -0.2) is 0 Å². The lowest BCUT2D eigenvalue weighted by Gasteiger charge is -2.21. The predicted octanol–water partition coefficient (Wildman–Crippen LogP) is 9.77. The fourth-order valence-corrected chi connectivity index (χ4v) is 6.85. The Morgan fingerprint density at radius 3 is 1.38 bits per heavy atom. The maximum Gasteiger partial charge on any atom is -0.00259 e. The highest BCUT2D eigenvalue weighted by Gasteiger charge is 2.20. The second-order valence-corrected chi connectivity index (χ2v) is 11.2. The lowest BCUT2D eigenvalue weighted by molar-refractivity contribution is 1.08. The van der Waals surface area contributed by atoms with Crippen LogP contribution in [0.15, 0.2) is 152 Å². The van der Waals surface area contributed by atoms with E-state index in [1.165, 1.54) is 76.5 Å². The maximum atomic E-state index is 2.39. The average Bonchev–Trinajstić information content (AvgIpc) is 3.07. The van der Waals surface area contributed by atoms with Gasteiger partial charge in [-0.2, -0.15) is 0 Å². The van der Waals surface area contributed by atoms with Crippen molar-refractivity contribution in [3.05, 3.63) is 168 Å². The fraction of sp³-hybridized carbons (Fsp3) is 0.0476. The summed E-state index contributed by atoms with van der Waals surface area (Å²) in [6.07, 6.45) is 4.50. The van der Waals surface area contributed by atoms with Crippen LogP contribution in [0.4, 0.5) is 0 Å². The molecule has 0 heterocycles. The summed E-state index contributed by atoms with van der Waals surface area (Å²) in [5, 5.41) is 7.96. The van der Waals surface area contributed by atoms with Gasteiger partial charge in [-0.1, -0.05) is 140 Å². The molecule has 0 atom stereocenters. The fourth-order valence-electron chi connectivity index (χ4n) is 6.85. The Kier molecular flexibility index (Phi) is 6.04. The van der Waals surface area contributed by atoms with Crippen LogP contribution in [-0.4, -0.2) is 0 Å². The minimum Gasteiger partial charge on any atom is -0.0763 e. The number of benzene rings is 7. The van der Waals surface area contributed by atoms with Gasteiger partial charge in [0.2, 0.25) is 0 Å². The summed E-state index contributed by atoms with van der Waals surface area (Å²) in [6.45, 7) is 0. The summed E-state index contributed by atoms with van der Waals surface area (Å²) in [7, 11) is 0. The lowest BCUT2D eigenvalue weighted by atomic mass is 9.82. The summed E-state index contributed by atoms with van der Waals surface area (Å²) in [5.74, 6) is 0. The summed E-state index contributed by atoms with van der Waals surface area (Å²) in [4.78, 5) is 0. The molecule has 0 unspecified atom stereocenters. The van der Waals surface area contributed by atoms with Gasteiger partial charge < -0.3 is 0 Å². The third kappa shape index (κ3) is 4.16. The van der Waals surface area contributed by atoms with Crippen molar-refractivity contribution in [3.8, 4) is 33.4 Å². The zero-order valence-electron chi connectivity index (χ0n) is 23.4. The van der Waals surface area contributed by atoms with Crippen molar-refractivity contribution in [2.24, 2.45) is 0 Å². The Balaban J connectivity index is 1.50. The zero-order valence-corrected chi connectivity index (χ0v) is 23.4. The van der Waals surface area contributed by atoms with Gasteiger partial charge in [-0.05, 0) is 108 Å². The van der Waals surface area contributed by atoms with Crippen LogP contribution < -0.4 is 10.4 Å². The number of rotatable bonds is 4. The Morgan fingerprint density at radius 2 is 0.810 bits per heavy atom. The molecule has 0 heteroatoms. The molecule has 1 aliphatic rings. The maximum absolute atomic E-state index is 2.39. The van der Waals surface area contributed by atoms with Crippen molar-refractivity contribution in [1.29, 1.82) is 0 Å². The van der Waals surface area contributed by atoms with E-state index in [2.05, 4.69) is 158 Å². The van der Waals surface area contributed by atoms with Gasteiger partial charge in [0.15, 0.2) is 0 Å². The molecular formula is C42H30. The molecular weight excluding hydrogens is 504 g/mol. The standard InChI is InChI=1S/C42H30/c1-3-14-29(15-4-1)32-26-33(30-16-5-2-6-17-30)28-34(27-32)41-37-21-9-11-23-39(37)42(40-24-12-10-22-38(40)41)36-25-13-19-31-18-7-8-20-35(31)36/h1-12,14-24,26-28H,13,25H2. The normalized spacial score (nSPS) is 12.7. The molecule has 7 aromatic carbocycles. The van der Waals surface area contributed by atoms with Crippen molar-refractivity contribution < 1.29 is 0 Å². The lowest BCUT2D eigenvalue weighted by Crippen LogP contribution is -2.29. The van der Waals surface area contributed by atoms with E-state index in [0.29, 0.717) is 0 Å². The summed E-state index contributed by atoms with van der Waals surface area (Å²) in [5.41, 5.74) is 10.3.